The van der Waals surface area contributed by atoms with Crippen molar-refractivity contribution in [2.75, 3.05) is 24.4 Å². The van der Waals surface area contributed by atoms with E-state index in [9.17, 15) is 14.4 Å². The second-order valence-electron chi connectivity index (χ2n) is 6.92. The third-order valence-corrected chi connectivity index (χ3v) is 5.13. The second-order valence-corrected chi connectivity index (χ2v) is 7.73. The van der Waals surface area contributed by atoms with Crippen LogP contribution in [0, 0.1) is 0 Å². The lowest BCUT2D eigenvalue weighted by molar-refractivity contribution is -0.136. The highest BCUT2D eigenvalue weighted by Gasteiger charge is 2.13. The van der Waals surface area contributed by atoms with Crippen molar-refractivity contribution in [2.45, 2.75) is 0 Å². The SMILES string of the molecule is COc1ccc(NC(=O)COc2ccc(/C=N\NC(=O)C(=O)Nc3ccc(Cl)c(Cl)c3)cc2)cc1. The van der Waals surface area contributed by atoms with Gasteiger partial charge in [-0.3, -0.25) is 14.4 Å². The zero-order chi connectivity index (χ0) is 25.2. The molecule has 0 unspecified atom stereocenters. The van der Waals surface area contributed by atoms with E-state index in [-0.39, 0.29) is 17.5 Å². The number of hydrazone groups is 1. The summed E-state index contributed by atoms with van der Waals surface area (Å²) in [5.41, 5.74) is 3.70. The monoisotopic (exact) mass is 514 g/mol. The third-order valence-electron chi connectivity index (χ3n) is 4.39. The van der Waals surface area contributed by atoms with E-state index in [2.05, 4.69) is 21.2 Å². The lowest BCUT2D eigenvalue weighted by atomic mass is 10.2. The summed E-state index contributed by atoms with van der Waals surface area (Å²) >= 11 is 11.7. The minimum absolute atomic E-state index is 0.177. The summed E-state index contributed by atoms with van der Waals surface area (Å²) in [6.45, 7) is -0.177. The molecule has 0 saturated heterocycles. The van der Waals surface area contributed by atoms with Gasteiger partial charge in [0.25, 0.3) is 5.91 Å². The maximum absolute atomic E-state index is 12.0. The van der Waals surface area contributed by atoms with E-state index in [1.54, 1.807) is 55.6 Å². The van der Waals surface area contributed by atoms with Crippen LogP contribution >= 0.6 is 23.2 Å². The summed E-state index contributed by atoms with van der Waals surface area (Å²) in [6.07, 6.45) is 1.35. The second kappa shape index (κ2) is 12.4. The summed E-state index contributed by atoms with van der Waals surface area (Å²) in [4.78, 5) is 35.9. The van der Waals surface area contributed by atoms with E-state index in [4.69, 9.17) is 32.7 Å². The van der Waals surface area contributed by atoms with Gasteiger partial charge < -0.3 is 20.1 Å². The molecule has 9 nitrogen and oxygen atoms in total. The molecule has 0 spiro atoms. The van der Waals surface area contributed by atoms with Gasteiger partial charge in [0.15, 0.2) is 6.61 Å². The molecule has 0 aliphatic rings. The summed E-state index contributed by atoms with van der Waals surface area (Å²) in [6, 6.07) is 18.0. The molecule has 0 heterocycles. The predicted octanol–water partition coefficient (Wildman–Crippen LogP) is 4.11. The number of ether oxygens (including phenoxy) is 2. The number of amides is 3. The zero-order valence-electron chi connectivity index (χ0n) is 18.4. The van der Waals surface area contributed by atoms with Crippen molar-refractivity contribution in [1.82, 2.24) is 5.43 Å². The molecular weight excluding hydrogens is 495 g/mol. The Kier molecular flexibility index (Phi) is 9.05. The first kappa shape index (κ1) is 25.5. The van der Waals surface area contributed by atoms with Gasteiger partial charge in [0.1, 0.15) is 11.5 Å². The van der Waals surface area contributed by atoms with Crippen LogP contribution in [-0.2, 0) is 14.4 Å². The van der Waals surface area contributed by atoms with Crippen LogP contribution in [0.25, 0.3) is 0 Å². The van der Waals surface area contributed by atoms with Gasteiger partial charge in [-0.1, -0.05) is 23.2 Å². The molecule has 3 N–H and O–H groups in total. The number of nitrogens with zero attached hydrogens (tertiary/aromatic N) is 1. The molecule has 0 atom stereocenters. The van der Waals surface area contributed by atoms with Crippen LogP contribution in [0.15, 0.2) is 71.8 Å². The topological polar surface area (TPSA) is 118 Å². The van der Waals surface area contributed by atoms with Crippen LogP contribution in [0.3, 0.4) is 0 Å². The van der Waals surface area contributed by atoms with Crippen LogP contribution in [0.5, 0.6) is 11.5 Å². The number of carbonyl (C=O) groups is 3. The summed E-state index contributed by atoms with van der Waals surface area (Å²) in [5.74, 6) is -1.04. The number of hydrogen-bond donors (Lipinski definition) is 3. The first-order valence-electron chi connectivity index (χ1n) is 10.1. The quantitative estimate of drug-likeness (QED) is 0.237. The van der Waals surface area contributed by atoms with Crippen molar-refractivity contribution >= 4 is 58.5 Å². The minimum atomic E-state index is -0.963. The molecule has 180 valence electrons. The van der Waals surface area contributed by atoms with Gasteiger partial charge >= 0.3 is 11.8 Å². The number of halogens is 2. The van der Waals surface area contributed by atoms with E-state index in [0.29, 0.717) is 33.5 Å². The van der Waals surface area contributed by atoms with E-state index < -0.39 is 11.8 Å². The predicted molar refractivity (Wildman–Crippen MR) is 134 cm³/mol. The normalized spacial score (nSPS) is 10.5. The van der Waals surface area contributed by atoms with E-state index in [1.807, 2.05) is 0 Å². The Morgan fingerprint density at radius 2 is 1.49 bits per heavy atom. The number of anilines is 2. The van der Waals surface area contributed by atoms with Crippen molar-refractivity contribution in [3.05, 3.63) is 82.3 Å². The van der Waals surface area contributed by atoms with Crippen molar-refractivity contribution in [3.8, 4) is 11.5 Å². The highest BCUT2D eigenvalue weighted by Crippen LogP contribution is 2.25. The fourth-order valence-corrected chi connectivity index (χ4v) is 2.95. The van der Waals surface area contributed by atoms with Gasteiger partial charge in [-0.15, -0.1) is 0 Å². The number of rotatable bonds is 8. The third kappa shape index (κ3) is 8.02. The van der Waals surface area contributed by atoms with E-state index in [1.165, 1.54) is 24.4 Å². The number of hydrogen-bond acceptors (Lipinski definition) is 6. The summed E-state index contributed by atoms with van der Waals surface area (Å²) < 4.78 is 10.5. The van der Waals surface area contributed by atoms with Gasteiger partial charge in [0.2, 0.25) is 0 Å². The Bertz CT molecular complexity index is 1230. The Hall–Kier alpha value is -4.08. The Morgan fingerprint density at radius 3 is 2.14 bits per heavy atom. The van der Waals surface area contributed by atoms with Crippen molar-refractivity contribution < 1.29 is 23.9 Å². The molecule has 3 aromatic carbocycles. The van der Waals surface area contributed by atoms with Gasteiger partial charge in [-0.05, 0) is 72.3 Å². The molecule has 3 aromatic rings. The fraction of sp³-hybridized carbons (Fsp3) is 0.0833. The van der Waals surface area contributed by atoms with Gasteiger partial charge in [-0.2, -0.15) is 5.10 Å². The molecule has 11 heteroatoms. The Morgan fingerprint density at radius 1 is 0.829 bits per heavy atom. The Balaban J connectivity index is 1.42. The number of carbonyl (C=O) groups excluding carboxylic acids is 3. The summed E-state index contributed by atoms with van der Waals surface area (Å²) in [7, 11) is 1.56. The average molecular weight is 515 g/mol. The molecular formula is C24H20Cl2N4O5. The molecule has 0 saturated carbocycles. The van der Waals surface area contributed by atoms with Crippen LogP contribution in [0.2, 0.25) is 10.0 Å². The molecule has 3 amide bonds. The lowest BCUT2D eigenvalue weighted by Gasteiger charge is -2.08. The first-order valence-corrected chi connectivity index (χ1v) is 10.9. The lowest BCUT2D eigenvalue weighted by Crippen LogP contribution is -2.32. The van der Waals surface area contributed by atoms with Crippen molar-refractivity contribution in [3.63, 3.8) is 0 Å². The van der Waals surface area contributed by atoms with Crippen LogP contribution in [0.4, 0.5) is 11.4 Å². The zero-order valence-corrected chi connectivity index (χ0v) is 19.9. The van der Waals surface area contributed by atoms with Crippen LogP contribution in [-0.4, -0.2) is 37.7 Å². The molecule has 0 aliphatic carbocycles. The number of benzene rings is 3. The molecule has 0 fully saturated rings. The average Bonchev–Trinajstić information content (AvgIpc) is 2.86. The Labute approximate surface area is 211 Å². The van der Waals surface area contributed by atoms with Crippen molar-refractivity contribution in [2.24, 2.45) is 5.10 Å². The number of methoxy groups -OCH3 is 1. The first-order chi connectivity index (χ1) is 16.8. The maximum Gasteiger partial charge on any atom is 0.329 e. The summed E-state index contributed by atoms with van der Waals surface area (Å²) in [5, 5.41) is 9.43. The fourth-order valence-electron chi connectivity index (χ4n) is 2.65. The molecule has 35 heavy (non-hydrogen) atoms. The van der Waals surface area contributed by atoms with E-state index >= 15 is 0 Å². The number of nitrogens with one attached hydrogen (secondary N) is 3. The van der Waals surface area contributed by atoms with Crippen molar-refractivity contribution in [1.29, 1.82) is 0 Å². The van der Waals surface area contributed by atoms with Gasteiger partial charge in [0.05, 0.1) is 23.4 Å². The molecule has 0 aromatic heterocycles. The standard InChI is InChI=1S/C24H20Cl2N4O5/c1-34-18-9-4-16(5-10-18)28-22(31)14-35-19-7-2-15(3-8-19)13-27-30-24(33)23(32)29-17-6-11-20(25)21(26)12-17/h2-13H,14H2,1H3,(H,28,31)(H,29,32)(H,30,33)/b27-13-. The molecule has 0 bridgehead atoms. The highest BCUT2D eigenvalue weighted by molar-refractivity contribution is 6.43. The van der Waals surface area contributed by atoms with Gasteiger partial charge in [0, 0.05) is 11.4 Å². The van der Waals surface area contributed by atoms with Crippen LogP contribution in [0.1, 0.15) is 5.56 Å². The van der Waals surface area contributed by atoms with E-state index in [0.717, 1.165) is 0 Å². The molecule has 0 aliphatic heterocycles. The largest absolute Gasteiger partial charge is 0.497 e. The van der Waals surface area contributed by atoms with Gasteiger partial charge in [-0.25, -0.2) is 5.43 Å². The van der Waals surface area contributed by atoms with Crippen LogP contribution < -0.4 is 25.5 Å². The smallest absolute Gasteiger partial charge is 0.329 e. The maximum atomic E-state index is 12.0. The minimum Gasteiger partial charge on any atom is -0.497 e. The molecule has 0 radical (unpaired) electrons. The highest BCUT2D eigenvalue weighted by atomic mass is 35.5. The molecule has 3 rings (SSSR count).